The van der Waals surface area contributed by atoms with Gasteiger partial charge in [0.1, 0.15) is 12.2 Å². The third-order valence-corrected chi connectivity index (χ3v) is 4.31. The van der Waals surface area contributed by atoms with Crippen LogP contribution in [-0.2, 0) is 38.0 Å². The number of carbonyl (C=O) groups is 2. The van der Waals surface area contributed by atoms with E-state index in [0.29, 0.717) is 6.21 Å². The van der Waals surface area contributed by atoms with Gasteiger partial charge in [-0.25, -0.2) is 4.79 Å². The first kappa shape index (κ1) is 20.1. The van der Waals surface area contributed by atoms with Gasteiger partial charge in [-0.1, -0.05) is 30.3 Å². The summed E-state index contributed by atoms with van der Waals surface area (Å²) in [6, 6.07) is 9.22. The third kappa shape index (κ3) is 4.44. The van der Waals surface area contributed by atoms with Gasteiger partial charge in [-0.15, -0.1) is 0 Å². The highest BCUT2D eigenvalue weighted by Gasteiger charge is 2.53. The Morgan fingerprint density at radius 1 is 1.18 bits per heavy atom. The van der Waals surface area contributed by atoms with Crippen LogP contribution >= 0.6 is 0 Å². The Bertz CT molecular complexity index is 751. The standard InChI is InChI=1S/C18H20N2O8/c1-10(21)25-15-14-12(9-24-17(28-14)11-6-4-3-5-7-11)26-18(23-2)16(15)27-13(22)8-20-19/h3-8,12,14-18H,9H2,1-2H3/t12?,14-,15?,16?,17?,18+/m1/s1. The van der Waals surface area contributed by atoms with E-state index in [4.69, 9.17) is 34.0 Å². The number of methoxy groups -OCH3 is 1. The maximum absolute atomic E-state index is 11.8. The Morgan fingerprint density at radius 2 is 1.93 bits per heavy atom. The average molecular weight is 392 g/mol. The Hall–Kier alpha value is -2.62. The monoisotopic (exact) mass is 392 g/mol. The molecule has 150 valence electrons. The van der Waals surface area contributed by atoms with E-state index in [1.54, 1.807) is 0 Å². The van der Waals surface area contributed by atoms with E-state index in [2.05, 4.69) is 4.79 Å². The van der Waals surface area contributed by atoms with E-state index in [1.807, 2.05) is 30.3 Å². The fraction of sp³-hybridized carbons (Fsp3) is 0.500. The normalized spacial score (nSPS) is 31.8. The zero-order valence-corrected chi connectivity index (χ0v) is 15.3. The Labute approximate surface area is 160 Å². The Balaban J connectivity index is 1.87. The van der Waals surface area contributed by atoms with Crippen molar-refractivity contribution < 1.29 is 42.8 Å². The summed E-state index contributed by atoms with van der Waals surface area (Å²) in [6.45, 7) is 1.38. The molecule has 0 bridgehead atoms. The number of fused-ring (bicyclic) bond motifs is 1. The second-order valence-electron chi connectivity index (χ2n) is 6.18. The van der Waals surface area contributed by atoms with E-state index >= 15 is 0 Å². The summed E-state index contributed by atoms with van der Waals surface area (Å²) < 4.78 is 33.4. The molecule has 2 saturated heterocycles. The molecule has 10 nitrogen and oxygen atoms in total. The lowest BCUT2D eigenvalue weighted by atomic mass is 9.97. The van der Waals surface area contributed by atoms with Crippen molar-refractivity contribution in [1.82, 2.24) is 0 Å². The van der Waals surface area contributed by atoms with Gasteiger partial charge >= 0.3 is 18.2 Å². The zero-order valence-electron chi connectivity index (χ0n) is 15.3. The smallest absolute Gasteiger partial charge is 0.414 e. The summed E-state index contributed by atoms with van der Waals surface area (Å²) in [4.78, 5) is 26.1. The lowest BCUT2D eigenvalue weighted by molar-refractivity contribution is -0.359. The molecule has 0 aliphatic carbocycles. The predicted octanol–water partition coefficient (Wildman–Crippen LogP) is 0.616. The summed E-state index contributed by atoms with van der Waals surface area (Å²) in [5.74, 6) is -1.55. The van der Waals surface area contributed by atoms with Crippen LogP contribution in [0, 0.1) is 0 Å². The summed E-state index contributed by atoms with van der Waals surface area (Å²) in [7, 11) is 1.36. The van der Waals surface area contributed by atoms with Crippen LogP contribution in [0.1, 0.15) is 18.8 Å². The van der Waals surface area contributed by atoms with E-state index in [9.17, 15) is 9.59 Å². The summed E-state index contributed by atoms with van der Waals surface area (Å²) in [5.41, 5.74) is 9.30. The number of ether oxygens (including phenoxy) is 6. The van der Waals surface area contributed by atoms with Gasteiger partial charge in [0.15, 0.2) is 24.8 Å². The molecule has 0 spiro atoms. The fourth-order valence-corrected chi connectivity index (χ4v) is 3.18. The summed E-state index contributed by atoms with van der Waals surface area (Å²) in [6.07, 6.45) is -4.74. The van der Waals surface area contributed by atoms with Gasteiger partial charge in [-0.2, -0.15) is 4.79 Å². The van der Waals surface area contributed by atoms with E-state index in [0.717, 1.165) is 5.56 Å². The number of esters is 2. The molecule has 2 heterocycles. The molecule has 1 aromatic carbocycles. The topological polar surface area (TPSA) is 126 Å². The van der Waals surface area contributed by atoms with Crippen molar-refractivity contribution in [3.8, 4) is 0 Å². The van der Waals surface area contributed by atoms with Crippen molar-refractivity contribution in [3.63, 3.8) is 0 Å². The molecule has 0 N–H and O–H groups in total. The highest BCUT2D eigenvalue weighted by atomic mass is 16.8. The molecule has 0 aromatic heterocycles. The molecule has 10 heteroatoms. The van der Waals surface area contributed by atoms with Gasteiger partial charge in [0.05, 0.1) is 6.61 Å². The van der Waals surface area contributed by atoms with Crippen molar-refractivity contribution in [2.75, 3.05) is 13.7 Å². The molecule has 2 aliphatic rings. The predicted molar refractivity (Wildman–Crippen MR) is 90.8 cm³/mol. The van der Waals surface area contributed by atoms with Crippen molar-refractivity contribution in [2.24, 2.45) is 0 Å². The lowest BCUT2D eigenvalue weighted by Gasteiger charge is -2.47. The Morgan fingerprint density at radius 3 is 2.57 bits per heavy atom. The number of hydrogen-bond acceptors (Lipinski definition) is 8. The maximum atomic E-state index is 11.8. The molecule has 2 aliphatic heterocycles. The van der Waals surface area contributed by atoms with E-state index < -0.39 is 48.9 Å². The minimum Gasteiger partial charge on any atom is -0.455 e. The van der Waals surface area contributed by atoms with E-state index in [-0.39, 0.29) is 6.61 Å². The van der Waals surface area contributed by atoms with Crippen molar-refractivity contribution in [1.29, 1.82) is 0 Å². The first-order valence-electron chi connectivity index (χ1n) is 8.59. The van der Waals surface area contributed by atoms with Crippen LogP contribution in [0.2, 0.25) is 0 Å². The molecule has 0 saturated carbocycles. The molecular weight excluding hydrogens is 372 g/mol. The van der Waals surface area contributed by atoms with Crippen LogP contribution in [0.4, 0.5) is 0 Å². The van der Waals surface area contributed by atoms with Gasteiger partial charge in [0.25, 0.3) is 0 Å². The highest BCUT2D eigenvalue weighted by molar-refractivity contribution is 6.20. The summed E-state index contributed by atoms with van der Waals surface area (Å²) >= 11 is 0. The second-order valence-corrected chi connectivity index (χ2v) is 6.18. The molecule has 4 unspecified atom stereocenters. The first-order valence-corrected chi connectivity index (χ1v) is 8.59. The number of nitrogens with zero attached hydrogens (tertiary/aromatic N) is 2. The first-order chi connectivity index (χ1) is 13.5. The molecule has 6 atom stereocenters. The van der Waals surface area contributed by atoms with Gasteiger partial charge in [-0.05, 0) is 0 Å². The minimum absolute atomic E-state index is 0.153. The van der Waals surface area contributed by atoms with Crippen LogP contribution in [0.15, 0.2) is 30.3 Å². The molecule has 1 aromatic rings. The number of hydrogen-bond donors (Lipinski definition) is 0. The second kappa shape index (κ2) is 9.05. The van der Waals surface area contributed by atoms with Crippen molar-refractivity contribution >= 4 is 18.2 Å². The van der Waals surface area contributed by atoms with Crippen LogP contribution in [0.3, 0.4) is 0 Å². The summed E-state index contributed by atoms with van der Waals surface area (Å²) in [5, 5.41) is 0. The number of benzene rings is 1. The largest absolute Gasteiger partial charge is 0.455 e. The SMILES string of the molecule is CO[C@H]1OC2COC(c3ccccc3)O[C@H]2C(OC(C)=O)C1OC(=O)C=[N+]=[N-]. The molecule has 3 rings (SSSR count). The van der Waals surface area contributed by atoms with Crippen LogP contribution in [-0.4, -0.2) is 67.4 Å². The highest BCUT2D eigenvalue weighted by Crippen LogP contribution is 2.36. The fourth-order valence-electron chi connectivity index (χ4n) is 3.18. The van der Waals surface area contributed by atoms with Gasteiger partial charge in [-0.3, -0.25) is 4.79 Å². The average Bonchev–Trinajstić information content (AvgIpc) is 2.69. The number of carbonyl (C=O) groups excluding carboxylic acids is 2. The molecular formula is C18H20N2O8. The quantitative estimate of drug-likeness (QED) is 0.309. The molecule has 0 amide bonds. The van der Waals surface area contributed by atoms with E-state index in [1.165, 1.54) is 14.0 Å². The van der Waals surface area contributed by atoms with Gasteiger partial charge in [0.2, 0.25) is 0 Å². The number of rotatable bonds is 5. The third-order valence-electron chi connectivity index (χ3n) is 4.31. The maximum Gasteiger partial charge on any atom is 0.414 e. The molecule has 2 fully saturated rings. The minimum atomic E-state index is -1.14. The van der Waals surface area contributed by atoms with Crippen molar-refractivity contribution in [3.05, 3.63) is 41.4 Å². The molecule has 0 radical (unpaired) electrons. The molecule has 28 heavy (non-hydrogen) atoms. The van der Waals surface area contributed by atoms with Gasteiger partial charge in [0, 0.05) is 19.6 Å². The van der Waals surface area contributed by atoms with Crippen molar-refractivity contribution in [2.45, 2.75) is 43.9 Å². The lowest BCUT2D eigenvalue weighted by Crippen LogP contribution is -2.64. The van der Waals surface area contributed by atoms with Crippen LogP contribution in [0.25, 0.3) is 5.53 Å². The van der Waals surface area contributed by atoms with Gasteiger partial charge < -0.3 is 34.0 Å². The van der Waals surface area contributed by atoms with Crippen LogP contribution < -0.4 is 0 Å². The zero-order chi connectivity index (χ0) is 20.1. The van der Waals surface area contributed by atoms with Crippen LogP contribution in [0.5, 0.6) is 0 Å². The Kier molecular flexibility index (Phi) is 6.50.